The first-order chi connectivity index (χ1) is 13.6. The van der Waals surface area contributed by atoms with Crippen LogP contribution in [0.4, 0.5) is 0 Å². The van der Waals surface area contributed by atoms with Crippen LogP contribution in [0.5, 0.6) is 11.5 Å². The first-order valence-corrected chi connectivity index (χ1v) is 8.95. The van der Waals surface area contributed by atoms with Gasteiger partial charge in [-0.15, -0.1) is 0 Å². The van der Waals surface area contributed by atoms with Crippen molar-refractivity contribution in [2.24, 2.45) is 0 Å². The van der Waals surface area contributed by atoms with Gasteiger partial charge < -0.3 is 19.2 Å². The zero-order chi connectivity index (χ0) is 19.9. The second-order valence-corrected chi connectivity index (χ2v) is 6.25. The van der Waals surface area contributed by atoms with Crippen molar-refractivity contribution in [2.45, 2.75) is 13.0 Å². The van der Waals surface area contributed by atoms with Crippen molar-refractivity contribution in [1.29, 1.82) is 0 Å². The molecule has 5 nitrogen and oxygen atoms in total. The van der Waals surface area contributed by atoms with E-state index in [-0.39, 0.29) is 11.9 Å². The lowest BCUT2D eigenvalue weighted by Gasteiger charge is -2.18. The fourth-order valence-electron chi connectivity index (χ4n) is 2.89. The number of hydrogen-bond donors (Lipinski definition) is 1. The van der Waals surface area contributed by atoms with Gasteiger partial charge in [0.1, 0.15) is 5.76 Å². The minimum Gasteiger partial charge on any atom is -0.493 e. The number of hydrogen-bond acceptors (Lipinski definition) is 4. The molecule has 0 fully saturated rings. The van der Waals surface area contributed by atoms with Gasteiger partial charge in [0, 0.05) is 0 Å². The molecule has 1 atom stereocenters. The number of carbonyl (C=O) groups excluding carboxylic acids is 1. The maximum Gasteiger partial charge on any atom is 0.252 e. The molecule has 1 heterocycles. The van der Waals surface area contributed by atoms with Crippen LogP contribution in [0, 0.1) is 0 Å². The Hall–Kier alpha value is -3.47. The minimum absolute atomic E-state index is 0.190. The lowest BCUT2D eigenvalue weighted by atomic mass is 10.0. The molecule has 0 bridgehead atoms. The molecule has 0 aliphatic rings. The molecule has 3 rings (SSSR count). The van der Waals surface area contributed by atoms with Crippen LogP contribution in [0.1, 0.15) is 29.9 Å². The highest BCUT2D eigenvalue weighted by Crippen LogP contribution is 2.30. The molecule has 1 aromatic heterocycles. The summed E-state index contributed by atoms with van der Waals surface area (Å²) >= 11 is 0. The fourth-order valence-corrected chi connectivity index (χ4v) is 2.89. The van der Waals surface area contributed by atoms with E-state index in [0.29, 0.717) is 22.8 Å². The van der Waals surface area contributed by atoms with Crippen molar-refractivity contribution in [2.75, 3.05) is 14.2 Å². The van der Waals surface area contributed by atoms with Crippen molar-refractivity contribution in [1.82, 2.24) is 5.32 Å². The van der Waals surface area contributed by atoms with Gasteiger partial charge in [0.15, 0.2) is 11.5 Å². The predicted octanol–water partition coefficient (Wildman–Crippen LogP) is 4.71. The highest BCUT2D eigenvalue weighted by atomic mass is 16.5. The normalized spacial score (nSPS) is 12.3. The number of nitrogens with one attached hydrogen (secondary N) is 1. The second kappa shape index (κ2) is 8.95. The number of carbonyl (C=O) groups is 1. The molecule has 0 unspecified atom stereocenters. The number of benzene rings is 2. The Morgan fingerprint density at radius 1 is 1.00 bits per heavy atom. The van der Waals surface area contributed by atoms with Crippen LogP contribution in [-0.4, -0.2) is 20.1 Å². The number of rotatable bonds is 7. The zero-order valence-electron chi connectivity index (χ0n) is 16.1. The van der Waals surface area contributed by atoms with Crippen LogP contribution in [0.3, 0.4) is 0 Å². The van der Waals surface area contributed by atoms with E-state index in [1.807, 2.05) is 61.5 Å². The van der Waals surface area contributed by atoms with Crippen molar-refractivity contribution in [3.05, 3.63) is 83.8 Å². The van der Waals surface area contributed by atoms with Gasteiger partial charge in [-0.1, -0.05) is 36.4 Å². The van der Waals surface area contributed by atoms with Crippen LogP contribution in [0.2, 0.25) is 0 Å². The third-order valence-electron chi connectivity index (χ3n) is 4.41. The van der Waals surface area contributed by atoms with Gasteiger partial charge in [-0.05, 0) is 48.4 Å². The molecule has 0 spiro atoms. The number of amides is 1. The Morgan fingerprint density at radius 2 is 1.75 bits per heavy atom. The first kappa shape index (κ1) is 19.3. The first-order valence-electron chi connectivity index (χ1n) is 8.95. The van der Waals surface area contributed by atoms with Gasteiger partial charge in [-0.3, -0.25) is 4.79 Å². The predicted molar refractivity (Wildman–Crippen MR) is 109 cm³/mol. The largest absolute Gasteiger partial charge is 0.493 e. The minimum atomic E-state index is -0.226. The average Bonchev–Trinajstić information content (AvgIpc) is 3.25. The van der Waals surface area contributed by atoms with Gasteiger partial charge in [0.25, 0.3) is 5.91 Å². The van der Waals surface area contributed by atoms with E-state index in [0.717, 1.165) is 11.1 Å². The van der Waals surface area contributed by atoms with Crippen LogP contribution < -0.4 is 14.8 Å². The summed E-state index contributed by atoms with van der Waals surface area (Å²) in [5.74, 6) is 1.70. The summed E-state index contributed by atoms with van der Waals surface area (Å²) in [4.78, 5) is 13.1. The Kier molecular flexibility index (Phi) is 6.17. The van der Waals surface area contributed by atoms with E-state index >= 15 is 0 Å². The van der Waals surface area contributed by atoms with Crippen LogP contribution in [0.15, 0.2) is 71.3 Å². The van der Waals surface area contributed by atoms with Gasteiger partial charge in [-0.2, -0.15) is 0 Å². The average molecular weight is 377 g/mol. The number of furan rings is 1. The summed E-state index contributed by atoms with van der Waals surface area (Å²) in [5, 5.41) is 3.05. The van der Waals surface area contributed by atoms with E-state index < -0.39 is 0 Å². The Balaban J connectivity index is 1.86. The molecule has 28 heavy (non-hydrogen) atoms. The van der Waals surface area contributed by atoms with Gasteiger partial charge in [0.2, 0.25) is 0 Å². The molecule has 0 saturated carbocycles. The quantitative estimate of drug-likeness (QED) is 0.606. The molecule has 1 amide bonds. The van der Waals surface area contributed by atoms with Crippen LogP contribution in [-0.2, 0) is 4.79 Å². The van der Waals surface area contributed by atoms with E-state index in [1.165, 1.54) is 0 Å². The van der Waals surface area contributed by atoms with E-state index in [1.54, 1.807) is 32.6 Å². The Labute approximate surface area is 164 Å². The third kappa shape index (κ3) is 4.43. The smallest absolute Gasteiger partial charge is 0.252 e. The molecule has 1 N–H and O–H groups in total. The third-order valence-corrected chi connectivity index (χ3v) is 4.41. The monoisotopic (exact) mass is 377 g/mol. The maximum absolute atomic E-state index is 13.1. The van der Waals surface area contributed by atoms with Gasteiger partial charge >= 0.3 is 0 Å². The molecule has 5 heteroatoms. The number of methoxy groups -OCH3 is 2. The molecule has 144 valence electrons. The van der Waals surface area contributed by atoms with Gasteiger partial charge in [-0.25, -0.2) is 0 Å². The van der Waals surface area contributed by atoms with Gasteiger partial charge in [0.05, 0.1) is 32.1 Å². The van der Waals surface area contributed by atoms with Crippen molar-refractivity contribution >= 4 is 17.6 Å². The fraction of sp³-hybridized carbons (Fsp3) is 0.174. The molecule has 0 aliphatic heterocycles. The summed E-state index contributed by atoms with van der Waals surface area (Å²) < 4.78 is 16.0. The molecule has 3 aromatic rings. The summed E-state index contributed by atoms with van der Waals surface area (Å²) in [6.07, 6.45) is 3.32. The highest BCUT2D eigenvalue weighted by Gasteiger charge is 2.17. The summed E-state index contributed by atoms with van der Waals surface area (Å²) in [6.45, 7) is 1.93. The summed E-state index contributed by atoms with van der Waals surface area (Å²) in [5.41, 5.74) is 2.26. The molecule has 2 aromatic carbocycles. The van der Waals surface area contributed by atoms with E-state index in [2.05, 4.69) is 5.32 Å². The number of ether oxygens (including phenoxy) is 2. The standard InChI is InChI=1S/C23H23NO4/c1-16(18-11-12-21(26-2)22(14-18)27-3)24-23(25)20(15-19-10-7-13-28-19)17-8-5-4-6-9-17/h4-16H,1-3H3,(H,24,25)/b20-15+/t16-/m0/s1. The van der Waals surface area contributed by atoms with Crippen molar-refractivity contribution in [3.63, 3.8) is 0 Å². The van der Waals surface area contributed by atoms with Crippen molar-refractivity contribution < 1.29 is 18.7 Å². The van der Waals surface area contributed by atoms with E-state index in [4.69, 9.17) is 13.9 Å². The van der Waals surface area contributed by atoms with E-state index in [9.17, 15) is 4.79 Å². The topological polar surface area (TPSA) is 60.7 Å². The van der Waals surface area contributed by atoms with Crippen LogP contribution in [0.25, 0.3) is 11.6 Å². The Morgan fingerprint density at radius 3 is 2.39 bits per heavy atom. The highest BCUT2D eigenvalue weighted by molar-refractivity contribution is 6.24. The van der Waals surface area contributed by atoms with Crippen LogP contribution >= 0.6 is 0 Å². The second-order valence-electron chi connectivity index (χ2n) is 6.25. The lowest BCUT2D eigenvalue weighted by molar-refractivity contribution is -0.116. The maximum atomic E-state index is 13.1. The summed E-state index contributed by atoms with van der Waals surface area (Å²) in [7, 11) is 3.18. The molecule has 0 aliphatic carbocycles. The van der Waals surface area contributed by atoms with Crippen molar-refractivity contribution in [3.8, 4) is 11.5 Å². The Bertz CT molecular complexity index is 946. The molecular weight excluding hydrogens is 354 g/mol. The zero-order valence-corrected chi connectivity index (χ0v) is 16.1. The molecule has 0 radical (unpaired) electrons. The summed E-state index contributed by atoms with van der Waals surface area (Å²) in [6, 6.07) is 18.5. The molecule has 0 saturated heterocycles. The molecular formula is C23H23NO4. The lowest BCUT2D eigenvalue weighted by Crippen LogP contribution is -2.27. The SMILES string of the molecule is COc1ccc([C@H](C)NC(=O)/C(=C/c2ccco2)c2ccccc2)cc1OC.